The van der Waals surface area contributed by atoms with Crippen LogP contribution in [-0.4, -0.2) is 11.6 Å². The number of allylic oxidation sites excluding steroid dienone is 3. The third-order valence-electron chi connectivity index (χ3n) is 2.11. The number of hydrogen-bond donors (Lipinski definition) is 1. The minimum Gasteiger partial charge on any atom is -0.316 e. The van der Waals surface area contributed by atoms with Crippen molar-refractivity contribution in [2.75, 3.05) is 6.26 Å². The molecule has 78 valence electrons. The van der Waals surface area contributed by atoms with E-state index < -0.39 is 0 Å². The zero-order chi connectivity index (χ0) is 11.1. The van der Waals surface area contributed by atoms with Crippen molar-refractivity contribution in [3.05, 3.63) is 22.8 Å². The topological polar surface area (TPSA) is 49.8 Å². The van der Waals surface area contributed by atoms with E-state index in [-0.39, 0.29) is 5.37 Å². The first kappa shape index (κ1) is 13.3. The zero-order valence-electron chi connectivity index (χ0n) is 9.29. The summed E-state index contributed by atoms with van der Waals surface area (Å²) in [5.41, 5.74) is 8.80. The summed E-state index contributed by atoms with van der Waals surface area (Å²) in [6, 6.07) is 2.20. The number of rotatable bonds is 4. The summed E-state index contributed by atoms with van der Waals surface area (Å²) in [6.07, 6.45) is 4.76. The minimum atomic E-state index is 0.0294. The molecule has 0 fully saturated rings. The van der Waals surface area contributed by atoms with E-state index in [2.05, 4.69) is 6.07 Å². The molecule has 0 aromatic rings. The molecule has 0 aliphatic heterocycles. The highest BCUT2D eigenvalue weighted by Crippen LogP contribution is 2.15. The molecule has 0 bridgehead atoms. The van der Waals surface area contributed by atoms with E-state index >= 15 is 0 Å². The summed E-state index contributed by atoms with van der Waals surface area (Å²) in [5.74, 6) is 0. The van der Waals surface area contributed by atoms with Gasteiger partial charge >= 0.3 is 0 Å². The van der Waals surface area contributed by atoms with Crippen molar-refractivity contribution in [1.29, 1.82) is 5.26 Å². The largest absolute Gasteiger partial charge is 0.316 e. The van der Waals surface area contributed by atoms with Crippen LogP contribution >= 0.6 is 11.8 Å². The summed E-state index contributed by atoms with van der Waals surface area (Å²) in [5, 5.41) is 8.86. The summed E-state index contributed by atoms with van der Waals surface area (Å²) in [7, 11) is 0. The van der Waals surface area contributed by atoms with Gasteiger partial charge < -0.3 is 5.73 Å². The Morgan fingerprint density at radius 3 is 2.50 bits per heavy atom. The molecule has 1 atom stereocenters. The molecule has 0 spiro atoms. The second-order valence-corrected chi connectivity index (χ2v) is 4.15. The van der Waals surface area contributed by atoms with Crippen molar-refractivity contribution in [2.45, 2.75) is 32.6 Å². The standard InChI is InChI=1S/C11H18N2S/c1-5-10(7-12)8(2)6-9(3)11(13)14-4/h6,11H,5,13H2,1-4H3/b9-6-,10-8+. The first-order chi connectivity index (χ1) is 6.56. The fourth-order valence-electron chi connectivity index (χ4n) is 1.14. The number of nitrogens with two attached hydrogens (primary N) is 1. The van der Waals surface area contributed by atoms with Crippen molar-refractivity contribution in [1.82, 2.24) is 0 Å². The highest BCUT2D eigenvalue weighted by molar-refractivity contribution is 7.99. The number of nitrogens with zero attached hydrogens (tertiary/aromatic N) is 1. The molecule has 0 heterocycles. The lowest BCUT2D eigenvalue weighted by Gasteiger charge is -2.09. The zero-order valence-corrected chi connectivity index (χ0v) is 10.1. The maximum Gasteiger partial charge on any atom is 0.0949 e. The maximum absolute atomic E-state index is 8.83. The highest BCUT2D eigenvalue weighted by Gasteiger charge is 2.03. The van der Waals surface area contributed by atoms with Gasteiger partial charge in [-0.25, -0.2) is 0 Å². The van der Waals surface area contributed by atoms with Gasteiger partial charge in [-0.05, 0) is 37.7 Å². The Labute approximate surface area is 90.9 Å². The van der Waals surface area contributed by atoms with Gasteiger partial charge in [-0.2, -0.15) is 5.26 Å². The van der Waals surface area contributed by atoms with E-state index in [1.165, 1.54) is 0 Å². The molecular formula is C11H18N2S. The lowest BCUT2D eigenvalue weighted by molar-refractivity contribution is 1.05. The molecule has 0 saturated carbocycles. The third kappa shape index (κ3) is 3.99. The molecule has 0 rings (SSSR count). The summed E-state index contributed by atoms with van der Waals surface area (Å²) >= 11 is 1.61. The van der Waals surface area contributed by atoms with Crippen molar-refractivity contribution in [3.63, 3.8) is 0 Å². The Morgan fingerprint density at radius 1 is 1.57 bits per heavy atom. The average molecular weight is 210 g/mol. The molecule has 2 nitrogen and oxygen atoms in total. The Morgan fingerprint density at radius 2 is 2.14 bits per heavy atom. The summed E-state index contributed by atoms with van der Waals surface area (Å²) in [4.78, 5) is 0. The molecular weight excluding hydrogens is 192 g/mol. The van der Waals surface area contributed by atoms with Gasteiger partial charge in [0.2, 0.25) is 0 Å². The number of thioether (sulfide) groups is 1. The molecule has 2 N–H and O–H groups in total. The van der Waals surface area contributed by atoms with Crippen LogP contribution in [0.15, 0.2) is 22.8 Å². The van der Waals surface area contributed by atoms with Crippen LogP contribution < -0.4 is 5.73 Å². The van der Waals surface area contributed by atoms with Crippen LogP contribution in [-0.2, 0) is 0 Å². The van der Waals surface area contributed by atoms with Crippen LogP contribution in [0.2, 0.25) is 0 Å². The predicted molar refractivity (Wildman–Crippen MR) is 63.9 cm³/mol. The second kappa shape index (κ2) is 6.69. The van der Waals surface area contributed by atoms with Crippen LogP contribution in [0.1, 0.15) is 27.2 Å². The quantitative estimate of drug-likeness (QED) is 0.441. The van der Waals surface area contributed by atoms with Crippen LogP contribution in [0, 0.1) is 11.3 Å². The van der Waals surface area contributed by atoms with Crippen molar-refractivity contribution in [3.8, 4) is 6.07 Å². The van der Waals surface area contributed by atoms with Gasteiger partial charge in [0.05, 0.1) is 11.4 Å². The van der Waals surface area contributed by atoms with E-state index in [9.17, 15) is 0 Å². The van der Waals surface area contributed by atoms with Gasteiger partial charge in [0.15, 0.2) is 0 Å². The SMILES string of the molecule is CC/C(C#N)=C(C)\C=C(\C)C(N)SC. The Kier molecular flexibility index (Phi) is 6.35. The van der Waals surface area contributed by atoms with Crippen LogP contribution in [0.5, 0.6) is 0 Å². The van der Waals surface area contributed by atoms with Gasteiger partial charge in [-0.3, -0.25) is 0 Å². The van der Waals surface area contributed by atoms with E-state index in [4.69, 9.17) is 11.0 Å². The second-order valence-electron chi connectivity index (χ2n) is 3.17. The smallest absolute Gasteiger partial charge is 0.0949 e. The first-order valence-electron chi connectivity index (χ1n) is 4.63. The van der Waals surface area contributed by atoms with Crippen LogP contribution in [0.25, 0.3) is 0 Å². The van der Waals surface area contributed by atoms with Crippen LogP contribution in [0.4, 0.5) is 0 Å². The third-order valence-corrected chi connectivity index (χ3v) is 2.99. The van der Waals surface area contributed by atoms with Gasteiger partial charge in [0.25, 0.3) is 0 Å². The Balaban J connectivity index is 4.82. The summed E-state index contributed by atoms with van der Waals surface area (Å²) < 4.78 is 0. The lowest BCUT2D eigenvalue weighted by Crippen LogP contribution is -2.16. The molecule has 1 unspecified atom stereocenters. The molecule has 0 saturated heterocycles. The Bertz CT molecular complexity index is 284. The molecule has 0 amide bonds. The lowest BCUT2D eigenvalue weighted by atomic mass is 10.1. The fraction of sp³-hybridized carbons (Fsp3) is 0.545. The molecule has 0 aromatic heterocycles. The van der Waals surface area contributed by atoms with Gasteiger partial charge in [0.1, 0.15) is 0 Å². The predicted octanol–water partition coefficient (Wildman–Crippen LogP) is 2.83. The Hall–Kier alpha value is -0.720. The molecule has 3 heteroatoms. The molecule has 0 aliphatic carbocycles. The van der Waals surface area contributed by atoms with E-state index in [0.717, 1.165) is 23.1 Å². The molecule has 0 radical (unpaired) electrons. The van der Waals surface area contributed by atoms with Crippen molar-refractivity contribution in [2.24, 2.45) is 5.73 Å². The monoisotopic (exact) mass is 210 g/mol. The average Bonchev–Trinajstić information content (AvgIpc) is 2.18. The number of nitriles is 1. The van der Waals surface area contributed by atoms with E-state index in [1.54, 1.807) is 11.8 Å². The van der Waals surface area contributed by atoms with Gasteiger partial charge in [-0.1, -0.05) is 13.0 Å². The van der Waals surface area contributed by atoms with Crippen molar-refractivity contribution < 1.29 is 0 Å². The summed E-state index contributed by atoms with van der Waals surface area (Å²) in [6.45, 7) is 5.94. The maximum atomic E-state index is 8.83. The van der Waals surface area contributed by atoms with E-state index in [1.807, 2.05) is 33.1 Å². The van der Waals surface area contributed by atoms with Gasteiger partial charge in [-0.15, -0.1) is 11.8 Å². The van der Waals surface area contributed by atoms with Crippen LogP contribution in [0.3, 0.4) is 0 Å². The normalized spacial score (nSPS) is 15.9. The first-order valence-corrected chi connectivity index (χ1v) is 5.92. The minimum absolute atomic E-state index is 0.0294. The van der Waals surface area contributed by atoms with Gasteiger partial charge in [0, 0.05) is 5.57 Å². The molecule has 0 aromatic carbocycles. The highest BCUT2D eigenvalue weighted by atomic mass is 32.2. The number of hydrogen-bond acceptors (Lipinski definition) is 3. The molecule has 14 heavy (non-hydrogen) atoms. The fourth-order valence-corrected chi connectivity index (χ4v) is 1.58. The molecule has 0 aliphatic rings. The van der Waals surface area contributed by atoms with E-state index in [0.29, 0.717) is 0 Å². The van der Waals surface area contributed by atoms with Crippen molar-refractivity contribution >= 4 is 11.8 Å².